The highest BCUT2D eigenvalue weighted by Gasteiger charge is 2.28. The molecule has 0 unspecified atom stereocenters. The lowest BCUT2D eigenvalue weighted by Gasteiger charge is -2.24. The van der Waals surface area contributed by atoms with Crippen LogP contribution in [0, 0.1) is 13.8 Å². The molecule has 1 aliphatic heterocycles. The summed E-state index contributed by atoms with van der Waals surface area (Å²) in [6, 6.07) is 14.6. The summed E-state index contributed by atoms with van der Waals surface area (Å²) in [5, 5.41) is 3.04. The lowest BCUT2D eigenvalue weighted by Crippen LogP contribution is -2.31. The highest BCUT2D eigenvalue weighted by Crippen LogP contribution is 2.36. The first kappa shape index (κ1) is 22.2. The molecule has 0 aliphatic carbocycles. The van der Waals surface area contributed by atoms with Crippen LogP contribution in [0.25, 0.3) is 16.7 Å². The smallest absolute Gasteiger partial charge is 0.337 e. The number of benzene rings is 2. The Kier molecular flexibility index (Phi) is 5.28. The number of fused-ring (bicyclic) bond motifs is 3. The Morgan fingerprint density at radius 3 is 2.31 bits per heavy atom. The molecular weight excluding hydrogens is 448 g/mol. The van der Waals surface area contributed by atoms with Crippen LogP contribution in [0.2, 0.25) is 0 Å². The molecule has 2 aromatic carbocycles. The third-order valence-electron chi connectivity index (χ3n) is 6.11. The van der Waals surface area contributed by atoms with Crippen molar-refractivity contribution in [1.29, 1.82) is 0 Å². The van der Waals surface area contributed by atoms with E-state index in [0.717, 1.165) is 28.0 Å². The minimum Gasteiger partial charge on any atom is -0.465 e. The van der Waals surface area contributed by atoms with Gasteiger partial charge in [-0.05, 0) is 50.2 Å². The Morgan fingerprint density at radius 1 is 1.00 bits per heavy atom. The van der Waals surface area contributed by atoms with Gasteiger partial charge in [-0.3, -0.25) is 9.88 Å². The molecule has 3 N–H and O–H groups in total. The Hall–Kier alpha value is -4.60. The number of nitrogens with one attached hydrogen (secondary N) is 1. The number of aliphatic imine (C=N–C) groups is 1. The van der Waals surface area contributed by atoms with Crippen molar-refractivity contribution in [3.8, 4) is 5.69 Å². The number of anilines is 1. The van der Waals surface area contributed by atoms with E-state index < -0.39 is 18.1 Å². The van der Waals surface area contributed by atoms with E-state index in [1.165, 1.54) is 20.3 Å². The van der Waals surface area contributed by atoms with Gasteiger partial charge in [-0.25, -0.2) is 19.6 Å². The summed E-state index contributed by atoms with van der Waals surface area (Å²) in [5.41, 5.74) is 11.6. The number of guanidine groups is 1. The largest absolute Gasteiger partial charge is 0.465 e. The fourth-order valence-electron chi connectivity index (χ4n) is 4.58. The van der Waals surface area contributed by atoms with Crippen LogP contribution < -0.4 is 11.1 Å². The third-order valence-corrected chi connectivity index (χ3v) is 6.11. The Balaban J connectivity index is 1.70. The summed E-state index contributed by atoms with van der Waals surface area (Å²) in [6.45, 7) is 3.90. The van der Waals surface area contributed by atoms with Crippen molar-refractivity contribution in [1.82, 2.24) is 14.1 Å². The number of aromatic nitrogens is 3. The van der Waals surface area contributed by atoms with Gasteiger partial charge in [0.25, 0.3) is 0 Å². The molecule has 2 aromatic heterocycles. The maximum atomic E-state index is 12.3. The number of ether oxygens (including phenoxy) is 2. The predicted molar refractivity (Wildman–Crippen MR) is 131 cm³/mol. The summed E-state index contributed by atoms with van der Waals surface area (Å²) in [6.07, 6.45) is -0.456. The molecule has 0 radical (unpaired) electrons. The second-order valence-electron chi connectivity index (χ2n) is 8.22. The van der Waals surface area contributed by atoms with E-state index in [0.29, 0.717) is 11.6 Å². The Morgan fingerprint density at radius 2 is 1.66 bits per heavy atom. The lowest BCUT2D eigenvalue weighted by molar-refractivity contribution is 0.0599. The lowest BCUT2D eigenvalue weighted by atomic mass is 10.1. The molecule has 0 fully saturated rings. The zero-order chi connectivity index (χ0) is 24.9. The van der Waals surface area contributed by atoms with Crippen molar-refractivity contribution in [3.05, 3.63) is 76.6 Å². The number of methoxy groups -OCH3 is 2. The van der Waals surface area contributed by atoms with Crippen molar-refractivity contribution < 1.29 is 19.1 Å². The average molecular weight is 473 g/mol. The third kappa shape index (κ3) is 3.59. The molecular formula is C25H24N6O4. The molecule has 0 bridgehead atoms. The number of hydrogen-bond acceptors (Lipinski definition) is 8. The molecule has 178 valence electrons. The number of aryl methyl sites for hydroxylation is 1. The van der Waals surface area contributed by atoms with Gasteiger partial charge >= 0.3 is 11.9 Å². The van der Waals surface area contributed by atoms with Crippen LogP contribution in [0.5, 0.6) is 0 Å². The minimum absolute atomic E-state index is 0.242. The predicted octanol–water partition coefficient (Wildman–Crippen LogP) is 3.30. The van der Waals surface area contributed by atoms with Gasteiger partial charge < -0.3 is 19.8 Å². The van der Waals surface area contributed by atoms with Gasteiger partial charge in [0.05, 0.1) is 36.4 Å². The van der Waals surface area contributed by atoms with Gasteiger partial charge in [0.15, 0.2) is 12.1 Å². The van der Waals surface area contributed by atoms with Crippen LogP contribution in [0.1, 0.15) is 43.8 Å². The number of imidazole rings is 1. The minimum atomic E-state index is -0.551. The summed E-state index contributed by atoms with van der Waals surface area (Å²) >= 11 is 0. The Bertz CT molecular complexity index is 1500. The molecule has 10 heteroatoms. The van der Waals surface area contributed by atoms with Crippen molar-refractivity contribution in [3.63, 3.8) is 0 Å². The molecule has 35 heavy (non-hydrogen) atoms. The maximum absolute atomic E-state index is 12.3. The summed E-state index contributed by atoms with van der Waals surface area (Å²) in [4.78, 5) is 34.0. The first-order chi connectivity index (χ1) is 16.8. The summed E-state index contributed by atoms with van der Waals surface area (Å²) in [7, 11) is 2.59. The highest BCUT2D eigenvalue weighted by molar-refractivity contribution is 5.96. The first-order valence-electron chi connectivity index (χ1n) is 10.9. The molecule has 0 amide bonds. The first-order valence-corrected chi connectivity index (χ1v) is 10.9. The van der Waals surface area contributed by atoms with Crippen LogP contribution in [0.3, 0.4) is 0 Å². The van der Waals surface area contributed by atoms with E-state index in [4.69, 9.17) is 15.2 Å². The van der Waals surface area contributed by atoms with E-state index in [-0.39, 0.29) is 17.1 Å². The topological polar surface area (TPSA) is 126 Å². The SMILES string of the molecule is COC(=O)c1cc(C(=O)OC)cc(-n2c(C)cc([C@@H]3N=C(N)Nc4nc5ccccc5n43)c2C)c1. The van der Waals surface area contributed by atoms with Crippen molar-refractivity contribution >= 4 is 34.9 Å². The molecule has 0 saturated carbocycles. The quantitative estimate of drug-likeness (QED) is 0.437. The van der Waals surface area contributed by atoms with Gasteiger partial charge in [-0.1, -0.05) is 12.1 Å². The fraction of sp³-hybridized carbons (Fsp3) is 0.200. The number of hydrogen-bond donors (Lipinski definition) is 2. The van der Waals surface area contributed by atoms with E-state index in [9.17, 15) is 9.59 Å². The van der Waals surface area contributed by atoms with Crippen LogP contribution >= 0.6 is 0 Å². The van der Waals surface area contributed by atoms with E-state index in [2.05, 4.69) is 15.3 Å². The van der Waals surface area contributed by atoms with Crippen LogP contribution in [0.15, 0.2) is 53.5 Å². The standard InChI is InChI=1S/C25H24N6O4/c1-13-9-18(21-28-24(26)29-25-27-19-7-5-6-8-20(19)31(21)25)14(2)30(13)17-11-15(22(32)34-3)10-16(12-17)23(33)35-4/h5-12,21H,1-4H3,(H3,26,27,28,29)/t21-/m1/s1. The van der Waals surface area contributed by atoms with E-state index in [1.807, 2.05) is 53.3 Å². The van der Waals surface area contributed by atoms with Crippen molar-refractivity contribution in [2.45, 2.75) is 20.0 Å². The average Bonchev–Trinajstić information content (AvgIpc) is 3.38. The maximum Gasteiger partial charge on any atom is 0.337 e. The molecule has 5 rings (SSSR count). The number of rotatable bonds is 4. The molecule has 1 atom stereocenters. The van der Waals surface area contributed by atoms with Crippen molar-refractivity contribution in [2.75, 3.05) is 19.5 Å². The summed E-state index contributed by atoms with van der Waals surface area (Å²) < 4.78 is 13.7. The number of nitrogens with two attached hydrogens (primary N) is 1. The van der Waals surface area contributed by atoms with Crippen LogP contribution in [-0.4, -0.2) is 46.2 Å². The van der Waals surface area contributed by atoms with Crippen molar-refractivity contribution in [2.24, 2.45) is 10.7 Å². The molecule has 3 heterocycles. The zero-order valence-electron chi connectivity index (χ0n) is 19.7. The van der Waals surface area contributed by atoms with Gasteiger partial charge in [0.2, 0.25) is 5.95 Å². The van der Waals surface area contributed by atoms with E-state index >= 15 is 0 Å². The molecule has 0 spiro atoms. The number of para-hydroxylation sites is 2. The van der Waals surface area contributed by atoms with Crippen LogP contribution in [-0.2, 0) is 9.47 Å². The van der Waals surface area contributed by atoms with E-state index in [1.54, 1.807) is 12.1 Å². The van der Waals surface area contributed by atoms with Crippen LogP contribution in [0.4, 0.5) is 5.95 Å². The number of nitrogens with zero attached hydrogens (tertiary/aromatic N) is 4. The summed E-state index contributed by atoms with van der Waals surface area (Å²) in [5.74, 6) is -0.229. The van der Waals surface area contributed by atoms with Gasteiger partial charge in [-0.2, -0.15) is 0 Å². The second-order valence-corrected chi connectivity index (χ2v) is 8.22. The highest BCUT2D eigenvalue weighted by atomic mass is 16.5. The Labute approximate surface area is 201 Å². The molecule has 4 aromatic rings. The molecule has 0 saturated heterocycles. The van der Waals surface area contributed by atoms with Gasteiger partial charge in [-0.15, -0.1) is 0 Å². The fourth-order valence-corrected chi connectivity index (χ4v) is 4.58. The monoisotopic (exact) mass is 472 g/mol. The molecule has 1 aliphatic rings. The zero-order valence-corrected chi connectivity index (χ0v) is 19.7. The number of esters is 2. The number of carbonyl (C=O) groups excluding carboxylic acids is 2. The van der Waals surface area contributed by atoms with Gasteiger partial charge in [0.1, 0.15) is 0 Å². The number of carbonyl (C=O) groups is 2. The normalized spacial score (nSPS) is 14.7. The molecule has 10 nitrogen and oxygen atoms in total. The second kappa shape index (κ2) is 8.32. The van der Waals surface area contributed by atoms with Gasteiger partial charge in [0, 0.05) is 22.6 Å².